The average Bonchev–Trinajstić information content (AvgIpc) is 3.10. The number of aromatic nitrogens is 2. The number of hydrogen-bond donors (Lipinski definition) is 1. The van der Waals surface area contributed by atoms with Crippen LogP contribution >= 0.6 is 11.8 Å². The molecule has 0 aliphatic heterocycles. The van der Waals surface area contributed by atoms with E-state index in [0.29, 0.717) is 29.6 Å². The molecule has 3 rings (SSSR count). The summed E-state index contributed by atoms with van der Waals surface area (Å²) in [7, 11) is 0. The van der Waals surface area contributed by atoms with E-state index >= 15 is 0 Å². The van der Waals surface area contributed by atoms with E-state index in [1.807, 2.05) is 24.3 Å². The average molecular weight is 396 g/mol. The predicted octanol–water partition coefficient (Wildman–Crippen LogP) is 4.65. The Morgan fingerprint density at radius 3 is 2.71 bits per heavy atom. The number of hydrogen-bond acceptors (Lipinski definition) is 5. The van der Waals surface area contributed by atoms with Gasteiger partial charge >= 0.3 is 0 Å². The number of aryl methyl sites for hydroxylation is 4. The molecule has 0 unspecified atom stereocenters. The summed E-state index contributed by atoms with van der Waals surface area (Å²) < 4.78 is 4.99. The summed E-state index contributed by atoms with van der Waals surface area (Å²) in [5, 5.41) is 6.94. The number of nitrogens with one attached hydrogen (secondary N) is 1. The summed E-state index contributed by atoms with van der Waals surface area (Å²) in [5.41, 5.74) is 4.61. The second-order valence-corrected chi connectivity index (χ2v) is 7.82. The van der Waals surface area contributed by atoms with E-state index < -0.39 is 0 Å². The van der Waals surface area contributed by atoms with Gasteiger partial charge in [-0.2, -0.15) is 4.98 Å². The van der Waals surface area contributed by atoms with Crippen LogP contribution in [0.25, 0.3) is 0 Å². The molecular formula is C22H25N3O2S. The molecular weight excluding hydrogens is 370 g/mol. The molecule has 0 saturated heterocycles. The fourth-order valence-electron chi connectivity index (χ4n) is 3.02. The molecule has 1 heterocycles. The Hall–Kier alpha value is -2.60. The van der Waals surface area contributed by atoms with Gasteiger partial charge in [0.25, 0.3) is 5.91 Å². The van der Waals surface area contributed by atoms with Crippen LogP contribution in [0.1, 0.15) is 45.2 Å². The van der Waals surface area contributed by atoms with Crippen LogP contribution in [0.5, 0.6) is 0 Å². The Morgan fingerprint density at radius 1 is 1.14 bits per heavy atom. The van der Waals surface area contributed by atoms with Crippen LogP contribution in [-0.2, 0) is 12.2 Å². The lowest BCUT2D eigenvalue weighted by Gasteiger charge is -2.10. The maximum absolute atomic E-state index is 12.6. The van der Waals surface area contributed by atoms with E-state index in [1.54, 1.807) is 6.92 Å². The fourth-order valence-corrected chi connectivity index (χ4v) is 3.92. The van der Waals surface area contributed by atoms with E-state index in [-0.39, 0.29) is 5.91 Å². The number of rotatable bonds is 8. The first kappa shape index (κ1) is 20.1. The van der Waals surface area contributed by atoms with Gasteiger partial charge in [-0.1, -0.05) is 41.1 Å². The van der Waals surface area contributed by atoms with Crippen molar-refractivity contribution in [2.75, 3.05) is 6.54 Å². The monoisotopic (exact) mass is 395 g/mol. The third kappa shape index (κ3) is 5.45. The van der Waals surface area contributed by atoms with Gasteiger partial charge in [-0.15, -0.1) is 11.8 Å². The minimum Gasteiger partial charge on any atom is -0.352 e. The Bertz CT molecular complexity index is 952. The van der Waals surface area contributed by atoms with Crippen molar-refractivity contribution in [1.29, 1.82) is 0 Å². The molecule has 1 N–H and O–H groups in total. The molecule has 0 aliphatic rings. The molecule has 0 aliphatic carbocycles. The van der Waals surface area contributed by atoms with Crippen molar-refractivity contribution in [2.45, 2.75) is 44.3 Å². The van der Waals surface area contributed by atoms with E-state index in [0.717, 1.165) is 17.7 Å². The van der Waals surface area contributed by atoms with E-state index in [4.69, 9.17) is 4.52 Å². The van der Waals surface area contributed by atoms with Crippen LogP contribution in [0.15, 0.2) is 51.9 Å². The minimum absolute atomic E-state index is 0.0481. The zero-order valence-corrected chi connectivity index (χ0v) is 17.3. The molecule has 28 heavy (non-hydrogen) atoms. The first-order valence-electron chi connectivity index (χ1n) is 9.38. The van der Waals surface area contributed by atoms with Crippen LogP contribution in [0.4, 0.5) is 0 Å². The van der Waals surface area contributed by atoms with E-state index in [2.05, 4.69) is 47.5 Å². The normalized spacial score (nSPS) is 10.8. The van der Waals surface area contributed by atoms with Crippen molar-refractivity contribution in [3.05, 3.63) is 76.4 Å². The molecule has 3 aromatic rings. The topological polar surface area (TPSA) is 68.0 Å². The molecule has 0 bridgehead atoms. The summed E-state index contributed by atoms with van der Waals surface area (Å²) in [5.74, 6) is 1.69. The van der Waals surface area contributed by atoms with Crippen molar-refractivity contribution in [2.24, 2.45) is 0 Å². The quantitative estimate of drug-likeness (QED) is 0.444. The Morgan fingerprint density at radius 2 is 1.96 bits per heavy atom. The zero-order valence-electron chi connectivity index (χ0n) is 16.5. The number of benzene rings is 2. The minimum atomic E-state index is -0.0481. The summed E-state index contributed by atoms with van der Waals surface area (Å²) in [4.78, 5) is 17.7. The molecule has 2 aromatic carbocycles. The maximum Gasteiger partial charge on any atom is 0.252 e. The van der Waals surface area contributed by atoms with Gasteiger partial charge in [-0.05, 0) is 49.9 Å². The van der Waals surface area contributed by atoms with Gasteiger partial charge in [-0.25, -0.2) is 0 Å². The van der Waals surface area contributed by atoms with Gasteiger partial charge < -0.3 is 9.84 Å². The largest absolute Gasteiger partial charge is 0.352 e. The van der Waals surface area contributed by atoms with Crippen LogP contribution < -0.4 is 5.32 Å². The van der Waals surface area contributed by atoms with Gasteiger partial charge in [-0.3, -0.25) is 4.79 Å². The van der Waals surface area contributed by atoms with Gasteiger partial charge in [0, 0.05) is 18.4 Å². The van der Waals surface area contributed by atoms with Gasteiger partial charge in [0.1, 0.15) is 0 Å². The number of carbonyl (C=O) groups is 1. The smallest absolute Gasteiger partial charge is 0.252 e. The highest BCUT2D eigenvalue weighted by atomic mass is 32.2. The van der Waals surface area contributed by atoms with Crippen LogP contribution in [0, 0.1) is 20.8 Å². The Balaban J connectivity index is 1.52. The molecule has 0 fully saturated rings. The number of thioether (sulfide) groups is 1. The standard InChI is InChI=1S/C22H25N3O2S/c1-15-10-11-18(16(2)13-15)7-6-12-23-22(26)19-8-4-5-9-20(19)28-14-21-24-17(3)27-25-21/h4-5,8-11,13H,6-7,12,14H2,1-3H3,(H,23,26). The van der Waals surface area contributed by atoms with Crippen LogP contribution in [-0.4, -0.2) is 22.6 Å². The van der Waals surface area contributed by atoms with Gasteiger partial charge in [0.05, 0.1) is 11.3 Å². The molecule has 6 heteroatoms. The maximum atomic E-state index is 12.6. The second-order valence-electron chi connectivity index (χ2n) is 6.80. The van der Waals surface area contributed by atoms with Gasteiger partial charge in [0.15, 0.2) is 5.82 Å². The summed E-state index contributed by atoms with van der Waals surface area (Å²) >= 11 is 1.54. The Kier molecular flexibility index (Phi) is 6.87. The molecule has 0 spiro atoms. The zero-order chi connectivity index (χ0) is 19.9. The Labute approximate surface area is 169 Å². The third-order valence-electron chi connectivity index (χ3n) is 4.46. The molecule has 1 amide bonds. The molecule has 146 valence electrons. The molecule has 0 saturated carbocycles. The van der Waals surface area contributed by atoms with Crippen molar-refractivity contribution >= 4 is 17.7 Å². The lowest BCUT2D eigenvalue weighted by atomic mass is 10.0. The highest BCUT2D eigenvalue weighted by Crippen LogP contribution is 2.25. The predicted molar refractivity (Wildman–Crippen MR) is 112 cm³/mol. The SMILES string of the molecule is Cc1ccc(CCCNC(=O)c2ccccc2SCc2noc(C)n2)c(C)c1. The lowest BCUT2D eigenvalue weighted by Crippen LogP contribution is -2.25. The molecule has 5 nitrogen and oxygen atoms in total. The third-order valence-corrected chi connectivity index (χ3v) is 5.53. The molecule has 1 aromatic heterocycles. The number of amides is 1. The first-order chi connectivity index (χ1) is 13.5. The lowest BCUT2D eigenvalue weighted by molar-refractivity contribution is 0.0950. The van der Waals surface area contributed by atoms with E-state index in [9.17, 15) is 4.79 Å². The number of nitrogens with zero attached hydrogens (tertiary/aromatic N) is 2. The van der Waals surface area contributed by atoms with E-state index in [1.165, 1.54) is 28.5 Å². The summed E-state index contributed by atoms with van der Waals surface area (Å²) in [6.07, 6.45) is 1.87. The highest BCUT2D eigenvalue weighted by molar-refractivity contribution is 7.98. The molecule has 0 atom stereocenters. The highest BCUT2D eigenvalue weighted by Gasteiger charge is 2.12. The van der Waals surface area contributed by atoms with Crippen molar-refractivity contribution < 1.29 is 9.32 Å². The first-order valence-corrected chi connectivity index (χ1v) is 10.4. The number of carbonyl (C=O) groups excluding carboxylic acids is 1. The van der Waals surface area contributed by atoms with Crippen LogP contribution in [0.3, 0.4) is 0 Å². The van der Waals surface area contributed by atoms with Crippen molar-refractivity contribution in [3.8, 4) is 0 Å². The second kappa shape index (κ2) is 9.55. The van der Waals surface area contributed by atoms with Crippen LogP contribution in [0.2, 0.25) is 0 Å². The fraction of sp³-hybridized carbons (Fsp3) is 0.318. The van der Waals surface area contributed by atoms with Crippen molar-refractivity contribution in [3.63, 3.8) is 0 Å². The summed E-state index contributed by atoms with van der Waals surface area (Å²) in [6.45, 7) is 6.65. The van der Waals surface area contributed by atoms with Crippen molar-refractivity contribution in [1.82, 2.24) is 15.5 Å². The van der Waals surface area contributed by atoms with Gasteiger partial charge in [0.2, 0.25) is 5.89 Å². The summed E-state index contributed by atoms with van der Waals surface area (Å²) in [6, 6.07) is 14.1. The molecule has 0 radical (unpaired) electrons.